The Labute approximate surface area is 107 Å². The van der Waals surface area contributed by atoms with Gasteiger partial charge in [0.2, 0.25) is 0 Å². The number of rotatable bonds is 3. The van der Waals surface area contributed by atoms with Gasteiger partial charge in [-0.2, -0.15) is 0 Å². The minimum absolute atomic E-state index is 0.559. The van der Waals surface area contributed by atoms with Crippen LogP contribution in [0.3, 0.4) is 0 Å². The molecule has 0 bridgehead atoms. The van der Waals surface area contributed by atoms with Crippen molar-refractivity contribution in [3.05, 3.63) is 44.6 Å². The Morgan fingerprint density at radius 1 is 1.31 bits per heavy atom. The lowest BCUT2D eigenvalue weighted by atomic mass is 10.2. The highest BCUT2D eigenvalue weighted by Gasteiger charge is 2.02. The lowest BCUT2D eigenvalue weighted by molar-refractivity contribution is 0.311. The number of benzene rings is 1. The molecule has 0 aliphatic carbocycles. The van der Waals surface area contributed by atoms with Gasteiger partial charge in [-0.15, -0.1) is 11.3 Å². The molecule has 2 aromatic rings. The van der Waals surface area contributed by atoms with Crippen molar-refractivity contribution in [3.8, 4) is 5.75 Å². The molecule has 0 aliphatic heterocycles. The molecular weight excluding hydrogens is 286 g/mol. The SMILES string of the molecule is Cc1ccc(N)c(OCc2ccc(Br)s2)c1. The maximum absolute atomic E-state index is 5.83. The summed E-state index contributed by atoms with van der Waals surface area (Å²) in [5, 5.41) is 0. The zero-order chi connectivity index (χ0) is 11.5. The first-order chi connectivity index (χ1) is 7.65. The van der Waals surface area contributed by atoms with Crippen LogP contribution < -0.4 is 10.5 Å². The highest BCUT2D eigenvalue weighted by atomic mass is 79.9. The van der Waals surface area contributed by atoms with E-state index in [0.717, 1.165) is 15.1 Å². The number of hydrogen-bond acceptors (Lipinski definition) is 3. The molecule has 1 aromatic carbocycles. The predicted octanol–water partition coefficient (Wildman–Crippen LogP) is 3.98. The summed E-state index contributed by atoms with van der Waals surface area (Å²) in [5.74, 6) is 0.754. The van der Waals surface area contributed by atoms with Crippen LogP contribution in [0.5, 0.6) is 5.75 Å². The van der Waals surface area contributed by atoms with Crippen molar-refractivity contribution in [1.82, 2.24) is 0 Å². The van der Waals surface area contributed by atoms with Gasteiger partial charge in [0, 0.05) is 4.88 Å². The number of halogens is 1. The van der Waals surface area contributed by atoms with Gasteiger partial charge in [-0.1, -0.05) is 6.07 Å². The van der Waals surface area contributed by atoms with E-state index >= 15 is 0 Å². The molecule has 1 aromatic heterocycles. The fourth-order valence-corrected chi connectivity index (χ4v) is 2.74. The maximum atomic E-state index is 5.83. The Morgan fingerprint density at radius 2 is 2.12 bits per heavy atom. The molecule has 0 amide bonds. The molecule has 0 unspecified atom stereocenters. The molecule has 0 fully saturated rings. The van der Waals surface area contributed by atoms with Crippen molar-refractivity contribution in [3.63, 3.8) is 0 Å². The largest absolute Gasteiger partial charge is 0.486 e. The lowest BCUT2D eigenvalue weighted by Crippen LogP contribution is -1.97. The number of nitrogen functional groups attached to an aromatic ring is 1. The molecule has 0 atom stereocenters. The van der Waals surface area contributed by atoms with Crippen LogP contribution in [-0.2, 0) is 6.61 Å². The Balaban J connectivity index is 2.07. The summed E-state index contributed by atoms with van der Waals surface area (Å²) < 4.78 is 6.80. The third kappa shape index (κ3) is 2.77. The van der Waals surface area contributed by atoms with E-state index < -0.39 is 0 Å². The first kappa shape index (κ1) is 11.5. The van der Waals surface area contributed by atoms with E-state index in [0.29, 0.717) is 12.3 Å². The molecule has 4 heteroatoms. The van der Waals surface area contributed by atoms with Gasteiger partial charge in [0.25, 0.3) is 0 Å². The van der Waals surface area contributed by atoms with Crippen LogP contribution in [0.2, 0.25) is 0 Å². The van der Waals surface area contributed by atoms with E-state index in [1.54, 1.807) is 11.3 Å². The Morgan fingerprint density at radius 3 is 2.81 bits per heavy atom. The minimum Gasteiger partial charge on any atom is -0.486 e. The summed E-state index contributed by atoms with van der Waals surface area (Å²) in [6.45, 7) is 2.58. The first-order valence-electron chi connectivity index (χ1n) is 4.88. The average molecular weight is 298 g/mol. The third-order valence-electron chi connectivity index (χ3n) is 2.17. The summed E-state index contributed by atoms with van der Waals surface area (Å²) in [6.07, 6.45) is 0. The number of nitrogens with two attached hydrogens (primary N) is 1. The second-order valence-electron chi connectivity index (χ2n) is 3.54. The molecule has 16 heavy (non-hydrogen) atoms. The summed E-state index contributed by atoms with van der Waals surface area (Å²) >= 11 is 5.09. The number of thiophene rings is 1. The molecule has 2 rings (SSSR count). The molecule has 1 heterocycles. The van der Waals surface area contributed by atoms with Crippen molar-refractivity contribution in [2.75, 3.05) is 5.73 Å². The van der Waals surface area contributed by atoms with Crippen LogP contribution >= 0.6 is 27.3 Å². The van der Waals surface area contributed by atoms with E-state index in [1.165, 1.54) is 4.88 Å². The molecular formula is C12H12BrNOS. The standard InChI is InChI=1S/C12H12BrNOS/c1-8-2-4-10(14)11(6-8)15-7-9-3-5-12(13)16-9/h2-6H,7,14H2,1H3. The Bertz CT molecular complexity index is 496. The average Bonchev–Trinajstić information content (AvgIpc) is 2.66. The summed E-state index contributed by atoms with van der Waals surface area (Å²) in [7, 11) is 0. The highest BCUT2D eigenvalue weighted by Crippen LogP contribution is 2.26. The summed E-state index contributed by atoms with van der Waals surface area (Å²) in [5.41, 5.74) is 7.66. The smallest absolute Gasteiger partial charge is 0.142 e. The van der Waals surface area contributed by atoms with Crippen molar-refractivity contribution in [1.29, 1.82) is 0 Å². The summed E-state index contributed by atoms with van der Waals surface area (Å²) in [6, 6.07) is 9.86. The molecule has 2 N–H and O–H groups in total. The van der Waals surface area contributed by atoms with Crippen molar-refractivity contribution < 1.29 is 4.74 Å². The first-order valence-corrected chi connectivity index (χ1v) is 6.49. The lowest BCUT2D eigenvalue weighted by Gasteiger charge is -2.08. The molecule has 0 saturated heterocycles. The fraction of sp³-hybridized carbons (Fsp3) is 0.167. The van der Waals surface area contributed by atoms with Gasteiger partial charge in [-0.3, -0.25) is 0 Å². The quantitative estimate of drug-likeness (QED) is 0.870. The molecule has 84 valence electrons. The predicted molar refractivity (Wildman–Crippen MR) is 71.9 cm³/mol. The molecule has 0 radical (unpaired) electrons. The van der Waals surface area contributed by atoms with Crippen molar-refractivity contribution in [2.24, 2.45) is 0 Å². The fourth-order valence-electron chi connectivity index (χ4n) is 1.34. The van der Waals surface area contributed by atoms with Gasteiger partial charge in [-0.05, 0) is 52.7 Å². The Hall–Kier alpha value is -1.000. The number of ether oxygens (including phenoxy) is 1. The van der Waals surface area contributed by atoms with Crippen LogP contribution in [-0.4, -0.2) is 0 Å². The van der Waals surface area contributed by atoms with Crippen LogP contribution in [0.4, 0.5) is 5.69 Å². The third-order valence-corrected chi connectivity index (χ3v) is 3.77. The van der Waals surface area contributed by atoms with E-state index in [2.05, 4.69) is 15.9 Å². The molecule has 0 saturated carbocycles. The second kappa shape index (κ2) is 4.89. The maximum Gasteiger partial charge on any atom is 0.142 e. The highest BCUT2D eigenvalue weighted by molar-refractivity contribution is 9.11. The van der Waals surface area contributed by atoms with E-state index in [4.69, 9.17) is 10.5 Å². The topological polar surface area (TPSA) is 35.2 Å². The van der Waals surface area contributed by atoms with Crippen LogP contribution in [0, 0.1) is 6.92 Å². The monoisotopic (exact) mass is 297 g/mol. The van der Waals surface area contributed by atoms with Crippen molar-refractivity contribution in [2.45, 2.75) is 13.5 Å². The molecule has 0 aliphatic rings. The zero-order valence-electron chi connectivity index (χ0n) is 8.87. The number of anilines is 1. The second-order valence-corrected chi connectivity index (χ2v) is 6.08. The summed E-state index contributed by atoms with van der Waals surface area (Å²) in [4.78, 5) is 1.17. The van der Waals surface area contributed by atoms with Crippen LogP contribution in [0.15, 0.2) is 34.1 Å². The molecule has 0 spiro atoms. The van der Waals surface area contributed by atoms with Crippen molar-refractivity contribution >= 4 is 33.0 Å². The minimum atomic E-state index is 0.559. The van der Waals surface area contributed by atoms with E-state index in [-0.39, 0.29) is 0 Å². The van der Waals surface area contributed by atoms with Gasteiger partial charge in [-0.25, -0.2) is 0 Å². The van der Waals surface area contributed by atoms with Gasteiger partial charge >= 0.3 is 0 Å². The number of aryl methyl sites for hydroxylation is 1. The zero-order valence-corrected chi connectivity index (χ0v) is 11.3. The normalized spacial score (nSPS) is 10.4. The molecule has 2 nitrogen and oxygen atoms in total. The van der Waals surface area contributed by atoms with Gasteiger partial charge < -0.3 is 10.5 Å². The number of hydrogen-bond donors (Lipinski definition) is 1. The van der Waals surface area contributed by atoms with Crippen LogP contribution in [0.1, 0.15) is 10.4 Å². The van der Waals surface area contributed by atoms with Gasteiger partial charge in [0.05, 0.1) is 9.47 Å². The van der Waals surface area contributed by atoms with E-state index in [9.17, 15) is 0 Å². The van der Waals surface area contributed by atoms with Gasteiger partial charge in [0.1, 0.15) is 12.4 Å². The van der Waals surface area contributed by atoms with Crippen LogP contribution in [0.25, 0.3) is 0 Å². The van der Waals surface area contributed by atoms with Gasteiger partial charge in [0.15, 0.2) is 0 Å². The Kier molecular flexibility index (Phi) is 3.51. The van der Waals surface area contributed by atoms with E-state index in [1.807, 2.05) is 37.3 Å².